The Hall–Kier alpha value is -0.950. The number of nitrogens with one attached hydrogen (secondary N) is 1. The summed E-state index contributed by atoms with van der Waals surface area (Å²) in [7, 11) is -1.29. The van der Waals surface area contributed by atoms with Crippen LogP contribution in [0.2, 0.25) is 0 Å². The minimum atomic E-state index is -1.29. The summed E-state index contributed by atoms with van der Waals surface area (Å²) >= 11 is 0. The van der Waals surface area contributed by atoms with Gasteiger partial charge in [0.1, 0.15) is 5.75 Å². The molecule has 0 saturated carbocycles. The quantitative estimate of drug-likeness (QED) is 0.646. The van der Waals surface area contributed by atoms with Gasteiger partial charge in [-0.3, -0.25) is 13.8 Å². The number of carbonyl (C=O) groups excluding carboxylic acids is 1. The molecule has 7 heteroatoms. The van der Waals surface area contributed by atoms with Crippen LogP contribution in [-0.4, -0.2) is 52.0 Å². The topological polar surface area (TPSA) is 92.7 Å². The van der Waals surface area contributed by atoms with Crippen LogP contribution >= 0.6 is 0 Å². The first-order valence-corrected chi connectivity index (χ1v) is 7.52. The molecule has 0 bridgehead atoms. The van der Waals surface area contributed by atoms with Gasteiger partial charge in [-0.15, -0.1) is 0 Å². The molecule has 0 radical (unpaired) electrons. The predicted octanol–water partition coefficient (Wildman–Crippen LogP) is -0.105. The van der Waals surface area contributed by atoms with Gasteiger partial charge < -0.3 is 15.2 Å². The van der Waals surface area contributed by atoms with Crippen molar-refractivity contribution >= 4 is 22.7 Å². The molecule has 0 aromatic rings. The van der Waals surface area contributed by atoms with Crippen LogP contribution in [0.4, 0.5) is 0 Å². The number of carboxylic acids is 1. The minimum Gasteiger partial charge on any atom is -0.481 e. The van der Waals surface area contributed by atoms with Crippen molar-refractivity contribution in [2.24, 2.45) is 0 Å². The fourth-order valence-corrected chi connectivity index (χ4v) is 2.69. The van der Waals surface area contributed by atoms with Crippen LogP contribution in [0.1, 0.15) is 25.7 Å². The highest BCUT2D eigenvalue weighted by molar-refractivity contribution is 7.85. The van der Waals surface area contributed by atoms with Gasteiger partial charge in [-0.2, -0.15) is 0 Å². The average Bonchev–Trinajstić information content (AvgIpc) is 2.78. The number of aliphatic carboxylic acids is 1. The first-order chi connectivity index (χ1) is 8.58. The fraction of sp³-hybridized carbons (Fsp3) is 0.818. The Balaban J connectivity index is 2.07. The fourth-order valence-electron chi connectivity index (χ4n) is 1.69. The van der Waals surface area contributed by atoms with Gasteiger partial charge in [-0.1, -0.05) is 0 Å². The van der Waals surface area contributed by atoms with Crippen molar-refractivity contribution in [1.29, 1.82) is 0 Å². The summed E-state index contributed by atoms with van der Waals surface area (Å²) in [6, 6.07) is 0. The van der Waals surface area contributed by atoms with E-state index in [-0.39, 0.29) is 29.9 Å². The Bertz CT molecular complexity index is 315. The zero-order valence-corrected chi connectivity index (χ0v) is 11.0. The highest BCUT2D eigenvalue weighted by Gasteiger charge is 2.16. The molecule has 0 aromatic carbocycles. The van der Waals surface area contributed by atoms with Crippen molar-refractivity contribution in [3.63, 3.8) is 0 Å². The number of amides is 1. The molecular formula is C11H19NO5S. The Kier molecular flexibility index (Phi) is 6.89. The van der Waals surface area contributed by atoms with Crippen molar-refractivity contribution in [1.82, 2.24) is 5.32 Å². The van der Waals surface area contributed by atoms with E-state index in [2.05, 4.69) is 5.32 Å². The molecule has 1 rings (SSSR count). The van der Waals surface area contributed by atoms with Crippen LogP contribution in [0.3, 0.4) is 0 Å². The highest BCUT2D eigenvalue weighted by Crippen LogP contribution is 2.10. The molecule has 1 heterocycles. The third kappa shape index (κ3) is 6.70. The van der Waals surface area contributed by atoms with Crippen molar-refractivity contribution in [2.75, 3.05) is 24.7 Å². The molecule has 1 aliphatic heterocycles. The van der Waals surface area contributed by atoms with Gasteiger partial charge in [0, 0.05) is 36.1 Å². The molecule has 1 fully saturated rings. The van der Waals surface area contributed by atoms with E-state index in [9.17, 15) is 13.8 Å². The Morgan fingerprint density at radius 1 is 1.44 bits per heavy atom. The SMILES string of the molecule is O=C(O)CCCS(=O)CC(=O)NCC1CCCO1. The molecule has 1 aliphatic rings. The van der Waals surface area contributed by atoms with Crippen molar-refractivity contribution in [3.8, 4) is 0 Å². The van der Waals surface area contributed by atoms with Gasteiger partial charge in [-0.05, 0) is 19.3 Å². The monoisotopic (exact) mass is 277 g/mol. The number of rotatable bonds is 8. The van der Waals surface area contributed by atoms with E-state index < -0.39 is 16.8 Å². The van der Waals surface area contributed by atoms with Crippen molar-refractivity contribution < 1.29 is 23.6 Å². The van der Waals surface area contributed by atoms with Gasteiger partial charge in [0.05, 0.1) is 6.10 Å². The second kappa shape index (κ2) is 8.20. The summed E-state index contributed by atoms with van der Waals surface area (Å²) in [5.74, 6) is -0.986. The lowest BCUT2D eigenvalue weighted by Gasteiger charge is -2.10. The molecule has 2 atom stereocenters. The Labute approximate surface area is 109 Å². The molecule has 6 nitrogen and oxygen atoms in total. The van der Waals surface area contributed by atoms with E-state index in [0.29, 0.717) is 13.0 Å². The summed E-state index contributed by atoms with van der Waals surface area (Å²) in [6.45, 7) is 1.20. The molecule has 0 spiro atoms. The highest BCUT2D eigenvalue weighted by atomic mass is 32.2. The van der Waals surface area contributed by atoms with Gasteiger partial charge in [0.25, 0.3) is 0 Å². The van der Waals surface area contributed by atoms with Gasteiger partial charge in [0.15, 0.2) is 0 Å². The Morgan fingerprint density at radius 3 is 2.83 bits per heavy atom. The summed E-state index contributed by atoms with van der Waals surface area (Å²) in [5.41, 5.74) is 0. The minimum absolute atomic E-state index is 0.0106. The normalized spacial score (nSPS) is 20.6. The number of hydrogen-bond donors (Lipinski definition) is 2. The van der Waals surface area contributed by atoms with Crippen LogP contribution in [-0.2, 0) is 25.1 Å². The van der Waals surface area contributed by atoms with E-state index in [1.165, 1.54) is 0 Å². The number of carbonyl (C=O) groups is 2. The van der Waals surface area contributed by atoms with Gasteiger partial charge in [-0.25, -0.2) is 0 Å². The van der Waals surface area contributed by atoms with Gasteiger partial charge in [0.2, 0.25) is 5.91 Å². The van der Waals surface area contributed by atoms with E-state index >= 15 is 0 Å². The molecular weight excluding hydrogens is 258 g/mol. The molecule has 18 heavy (non-hydrogen) atoms. The third-order valence-corrected chi connectivity index (χ3v) is 3.93. The van der Waals surface area contributed by atoms with Gasteiger partial charge >= 0.3 is 5.97 Å². The number of carboxylic acid groups (broad SMARTS) is 1. The van der Waals surface area contributed by atoms with E-state index in [1.807, 2.05) is 0 Å². The van der Waals surface area contributed by atoms with Crippen molar-refractivity contribution in [2.45, 2.75) is 31.8 Å². The van der Waals surface area contributed by atoms with Crippen LogP contribution in [0, 0.1) is 0 Å². The summed E-state index contributed by atoms with van der Waals surface area (Å²) in [4.78, 5) is 21.7. The first kappa shape index (κ1) is 15.1. The smallest absolute Gasteiger partial charge is 0.303 e. The lowest BCUT2D eigenvalue weighted by atomic mass is 10.2. The summed E-state index contributed by atoms with van der Waals surface area (Å²) in [5, 5.41) is 11.1. The second-order valence-corrected chi connectivity index (χ2v) is 5.80. The standard InChI is InChI=1S/C11H19NO5S/c13-10(12-7-9-3-1-5-17-9)8-18(16)6-2-4-11(14)15/h9H,1-8H2,(H,12,13)(H,14,15). The second-order valence-electron chi connectivity index (χ2n) is 4.22. The van der Waals surface area contributed by atoms with Crippen LogP contribution in [0.5, 0.6) is 0 Å². The largest absolute Gasteiger partial charge is 0.481 e. The van der Waals surface area contributed by atoms with Crippen LogP contribution in [0.25, 0.3) is 0 Å². The number of ether oxygens (including phenoxy) is 1. The number of hydrogen-bond acceptors (Lipinski definition) is 4. The molecule has 1 saturated heterocycles. The maximum absolute atomic E-state index is 11.5. The van der Waals surface area contributed by atoms with E-state index in [1.54, 1.807) is 0 Å². The molecule has 0 aromatic heterocycles. The Morgan fingerprint density at radius 2 is 2.22 bits per heavy atom. The van der Waals surface area contributed by atoms with Crippen molar-refractivity contribution in [3.05, 3.63) is 0 Å². The predicted molar refractivity (Wildman–Crippen MR) is 66.7 cm³/mol. The molecule has 2 N–H and O–H groups in total. The molecule has 1 amide bonds. The maximum atomic E-state index is 11.5. The lowest BCUT2D eigenvalue weighted by Crippen LogP contribution is -2.35. The van der Waals surface area contributed by atoms with Crippen LogP contribution in [0.15, 0.2) is 0 Å². The van der Waals surface area contributed by atoms with E-state index in [4.69, 9.17) is 9.84 Å². The molecule has 104 valence electrons. The molecule has 0 aliphatic carbocycles. The molecule has 2 unspecified atom stereocenters. The van der Waals surface area contributed by atoms with Crippen LogP contribution < -0.4 is 5.32 Å². The average molecular weight is 277 g/mol. The summed E-state index contributed by atoms with van der Waals surface area (Å²) < 4.78 is 16.8. The zero-order valence-electron chi connectivity index (χ0n) is 10.2. The first-order valence-electron chi connectivity index (χ1n) is 6.03. The maximum Gasteiger partial charge on any atom is 0.303 e. The van der Waals surface area contributed by atoms with E-state index in [0.717, 1.165) is 19.4 Å². The summed E-state index contributed by atoms with van der Waals surface area (Å²) in [6.07, 6.45) is 2.36. The lowest BCUT2D eigenvalue weighted by molar-refractivity contribution is -0.137. The zero-order chi connectivity index (χ0) is 13.4. The third-order valence-electron chi connectivity index (χ3n) is 2.61.